The fourth-order valence-electron chi connectivity index (χ4n) is 3.11. The minimum absolute atomic E-state index is 0.193. The molecule has 0 spiro atoms. The van der Waals surface area contributed by atoms with E-state index in [4.69, 9.17) is 0 Å². The Morgan fingerprint density at radius 2 is 1.55 bits per heavy atom. The van der Waals surface area contributed by atoms with E-state index in [1.54, 1.807) is 0 Å². The second kappa shape index (κ2) is 4.99. The highest BCUT2D eigenvalue weighted by molar-refractivity contribution is 6.08. The van der Waals surface area contributed by atoms with Crippen molar-refractivity contribution in [2.45, 2.75) is 13.5 Å². The number of para-hydroxylation sites is 1. The van der Waals surface area contributed by atoms with Crippen LogP contribution in [0.4, 0.5) is 4.39 Å². The third kappa shape index (κ3) is 2.08. The molecule has 0 unspecified atom stereocenters. The molecule has 0 saturated carbocycles. The topological polar surface area (TPSA) is 4.93 Å². The highest BCUT2D eigenvalue weighted by atomic mass is 19.1. The molecule has 1 nitrogen and oxygen atoms in total. The maximum Gasteiger partial charge on any atom is 0.123 e. The fourth-order valence-corrected chi connectivity index (χ4v) is 3.11. The Balaban J connectivity index is 1.96. The molecule has 0 radical (unpaired) electrons. The molecule has 0 amide bonds. The summed E-state index contributed by atoms with van der Waals surface area (Å²) in [6.45, 7) is 2.86. The van der Waals surface area contributed by atoms with Crippen molar-refractivity contribution in [1.29, 1.82) is 0 Å². The average Bonchev–Trinajstić information content (AvgIpc) is 2.83. The summed E-state index contributed by atoms with van der Waals surface area (Å²) < 4.78 is 15.4. The minimum Gasteiger partial charge on any atom is -0.336 e. The largest absolute Gasteiger partial charge is 0.336 e. The number of hydrogen-bond acceptors (Lipinski definition) is 0. The van der Waals surface area contributed by atoms with E-state index in [0.29, 0.717) is 0 Å². The van der Waals surface area contributed by atoms with Gasteiger partial charge in [0.05, 0.1) is 0 Å². The normalized spacial score (nSPS) is 11.4. The van der Waals surface area contributed by atoms with Gasteiger partial charge in [0, 0.05) is 28.4 Å². The van der Waals surface area contributed by atoms with Gasteiger partial charge in [-0.1, -0.05) is 42.0 Å². The molecule has 108 valence electrons. The predicted octanol–water partition coefficient (Wildman–Crippen LogP) is 5.29. The first-order chi connectivity index (χ1) is 10.7. The quantitative estimate of drug-likeness (QED) is 0.472. The lowest BCUT2D eigenvalue weighted by Gasteiger charge is -2.08. The molecule has 0 N–H and O–H groups in total. The van der Waals surface area contributed by atoms with Gasteiger partial charge in [0.1, 0.15) is 5.82 Å². The van der Waals surface area contributed by atoms with Gasteiger partial charge in [-0.25, -0.2) is 4.39 Å². The zero-order valence-electron chi connectivity index (χ0n) is 12.4. The van der Waals surface area contributed by atoms with Gasteiger partial charge in [0.15, 0.2) is 0 Å². The van der Waals surface area contributed by atoms with Gasteiger partial charge < -0.3 is 4.57 Å². The molecule has 3 aromatic carbocycles. The Morgan fingerprint density at radius 3 is 2.36 bits per heavy atom. The molecule has 4 rings (SSSR count). The molecule has 1 aromatic heterocycles. The molecule has 0 aliphatic carbocycles. The lowest BCUT2D eigenvalue weighted by molar-refractivity contribution is 0.626. The standard InChI is InChI=1S/C20H16FN/c1-14-6-11-20-18(12-14)17-4-2-3-5-19(17)22(20)13-15-7-9-16(21)10-8-15/h2-12H,13H2,1H3. The molecule has 1 heterocycles. The van der Waals surface area contributed by atoms with E-state index in [9.17, 15) is 4.39 Å². The molecule has 2 heteroatoms. The fraction of sp³-hybridized carbons (Fsp3) is 0.100. The van der Waals surface area contributed by atoms with Crippen molar-refractivity contribution in [3.63, 3.8) is 0 Å². The maximum absolute atomic E-state index is 13.1. The molecule has 0 aliphatic rings. The van der Waals surface area contributed by atoms with Crippen LogP contribution in [0.15, 0.2) is 66.7 Å². The number of nitrogens with zero attached hydrogens (tertiary/aromatic N) is 1. The SMILES string of the molecule is Cc1ccc2c(c1)c1ccccc1n2Cc1ccc(F)cc1. The zero-order valence-corrected chi connectivity index (χ0v) is 12.4. The molecular formula is C20H16FN. The molecule has 4 aromatic rings. The van der Waals surface area contributed by atoms with Crippen LogP contribution in [0.2, 0.25) is 0 Å². The van der Waals surface area contributed by atoms with E-state index in [2.05, 4.69) is 54.0 Å². The molecular weight excluding hydrogens is 273 g/mol. The van der Waals surface area contributed by atoms with Crippen LogP contribution >= 0.6 is 0 Å². The third-order valence-corrected chi connectivity index (χ3v) is 4.18. The van der Waals surface area contributed by atoms with Gasteiger partial charge in [-0.15, -0.1) is 0 Å². The van der Waals surface area contributed by atoms with Crippen LogP contribution in [-0.4, -0.2) is 4.57 Å². The Labute approximate surface area is 128 Å². The van der Waals surface area contributed by atoms with E-state index in [-0.39, 0.29) is 5.82 Å². The summed E-state index contributed by atoms with van der Waals surface area (Å²) in [5, 5.41) is 2.54. The number of aromatic nitrogens is 1. The van der Waals surface area contributed by atoms with Gasteiger partial charge in [0.2, 0.25) is 0 Å². The molecule has 0 bridgehead atoms. The van der Waals surface area contributed by atoms with Crippen molar-refractivity contribution in [2.75, 3.05) is 0 Å². The van der Waals surface area contributed by atoms with Crippen LogP contribution in [0, 0.1) is 12.7 Å². The highest BCUT2D eigenvalue weighted by Crippen LogP contribution is 2.30. The van der Waals surface area contributed by atoms with Crippen LogP contribution < -0.4 is 0 Å². The summed E-state index contributed by atoms with van der Waals surface area (Å²) in [7, 11) is 0. The summed E-state index contributed by atoms with van der Waals surface area (Å²) in [5.41, 5.74) is 4.80. The second-order valence-corrected chi connectivity index (χ2v) is 5.75. The van der Waals surface area contributed by atoms with Gasteiger partial charge in [0.25, 0.3) is 0 Å². The van der Waals surface area contributed by atoms with Crippen LogP contribution in [0.5, 0.6) is 0 Å². The summed E-state index contributed by atoms with van der Waals surface area (Å²) >= 11 is 0. The smallest absolute Gasteiger partial charge is 0.123 e. The number of fused-ring (bicyclic) bond motifs is 3. The van der Waals surface area contributed by atoms with Crippen molar-refractivity contribution in [1.82, 2.24) is 4.57 Å². The molecule has 0 fully saturated rings. The number of rotatable bonds is 2. The van der Waals surface area contributed by atoms with Crippen molar-refractivity contribution in [3.8, 4) is 0 Å². The Bertz CT molecular complexity index is 964. The summed E-state index contributed by atoms with van der Waals surface area (Å²) in [6, 6.07) is 21.7. The number of benzene rings is 3. The van der Waals surface area contributed by atoms with Crippen LogP contribution in [0.3, 0.4) is 0 Å². The Hall–Kier alpha value is -2.61. The Kier molecular flexibility index (Phi) is 2.97. The lowest BCUT2D eigenvalue weighted by Crippen LogP contribution is -1.99. The van der Waals surface area contributed by atoms with Crippen molar-refractivity contribution < 1.29 is 4.39 Å². The minimum atomic E-state index is -0.193. The van der Waals surface area contributed by atoms with Crippen molar-refractivity contribution in [2.24, 2.45) is 0 Å². The van der Waals surface area contributed by atoms with Crippen molar-refractivity contribution in [3.05, 3.63) is 83.7 Å². The summed E-state index contributed by atoms with van der Waals surface area (Å²) in [5.74, 6) is -0.193. The molecule has 0 atom stereocenters. The Morgan fingerprint density at radius 1 is 0.818 bits per heavy atom. The third-order valence-electron chi connectivity index (χ3n) is 4.18. The molecule has 0 aliphatic heterocycles. The number of aryl methyl sites for hydroxylation is 1. The molecule has 22 heavy (non-hydrogen) atoms. The predicted molar refractivity (Wildman–Crippen MR) is 89.7 cm³/mol. The highest BCUT2D eigenvalue weighted by Gasteiger charge is 2.10. The first-order valence-electron chi connectivity index (χ1n) is 7.44. The van der Waals surface area contributed by atoms with E-state index in [0.717, 1.165) is 12.1 Å². The van der Waals surface area contributed by atoms with Gasteiger partial charge in [-0.2, -0.15) is 0 Å². The summed E-state index contributed by atoms with van der Waals surface area (Å²) in [6.07, 6.45) is 0. The molecule has 0 saturated heterocycles. The second-order valence-electron chi connectivity index (χ2n) is 5.75. The number of hydrogen-bond donors (Lipinski definition) is 0. The van der Waals surface area contributed by atoms with Crippen LogP contribution in [0.25, 0.3) is 21.8 Å². The summed E-state index contributed by atoms with van der Waals surface area (Å²) in [4.78, 5) is 0. The average molecular weight is 289 g/mol. The van der Waals surface area contributed by atoms with Gasteiger partial charge >= 0.3 is 0 Å². The van der Waals surface area contributed by atoms with E-state index in [1.165, 1.54) is 39.5 Å². The van der Waals surface area contributed by atoms with Gasteiger partial charge in [-0.3, -0.25) is 0 Å². The zero-order chi connectivity index (χ0) is 15.1. The van der Waals surface area contributed by atoms with E-state index < -0.39 is 0 Å². The first-order valence-corrected chi connectivity index (χ1v) is 7.44. The van der Waals surface area contributed by atoms with Gasteiger partial charge in [-0.05, 0) is 42.8 Å². The first kappa shape index (κ1) is 13.1. The monoisotopic (exact) mass is 289 g/mol. The van der Waals surface area contributed by atoms with Crippen LogP contribution in [0.1, 0.15) is 11.1 Å². The lowest BCUT2D eigenvalue weighted by atomic mass is 10.1. The number of halogens is 1. The van der Waals surface area contributed by atoms with Crippen molar-refractivity contribution >= 4 is 21.8 Å². The van der Waals surface area contributed by atoms with E-state index >= 15 is 0 Å². The maximum atomic E-state index is 13.1. The van der Waals surface area contributed by atoms with Crippen LogP contribution in [-0.2, 0) is 6.54 Å². The van der Waals surface area contributed by atoms with E-state index in [1.807, 2.05) is 12.1 Å².